The second kappa shape index (κ2) is 7.43. The Morgan fingerprint density at radius 1 is 0.917 bits per heavy atom. The van der Waals surface area contributed by atoms with Crippen molar-refractivity contribution in [3.63, 3.8) is 0 Å². The van der Waals surface area contributed by atoms with Crippen LogP contribution in [0.15, 0.2) is 60.7 Å². The van der Waals surface area contributed by atoms with Gasteiger partial charge in [-0.25, -0.2) is 4.98 Å². The smallest absolute Gasteiger partial charge is 0.225 e. The largest absolute Gasteiger partial charge is 0.508 e. The van der Waals surface area contributed by atoms with E-state index in [9.17, 15) is 5.11 Å². The lowest BCUT2D eigenvalue weighted by molar-refractivity contribution is 0.311. The third-order valence-electron chi connectivity index (χ3n) is 3.33. The summed E-state index contributed by atoms with van der Waals surface area (Å²) >= 11 is 0. The van der Waals surface area contributed by atoms with Crippen molar-refractivity contribution in [3.8, 4) is 17.0 Å². The fraction of sp³-hybridized carbons (Fsp3) is 0.111. The molecule has 0 unspecified atom stereocenters. The normalized spacial score (nSPS) is 10.4. The van der Waals surface area contributed by atoms with E-state index < -0.39 is 0 Å². The van der Waals surface area contributed by atoms with Gasteiger partial charge in [0.15, 0.2) is 0 Å². The fourth-order valence-corrected chi connectivity index (χ4v) is 2.21. The lowest BCUT2D eigenvalue weighted by atomic mass is 10.1. The number of nitrogens with one attached hydrogen (secondary N) is 2. The number of phenols is 1. The average Bonchev–Trinajstić information content (AvgIpc) is 2.62. The Hall–Kier alpha value is -3.12. The molecule has 122 valence electrons. The monoisotopic (exact) mass is 322 g/mol. The quantitative estimate of drug-likeness (QED) is 0.522. The molecule has 0 aliphatic carbocycles. The summed E-state index contributed by atoms with van der Waals surface area (Å²) in [6, 6.07) is 18.4. The van der Waals surface area contributed by atoms with E-state index in [1.54, 1.807) is 24.3 Å². The molecule has 0 atom stereocenters. The summed E-state index contributed by atoms with van der Waals surface area (Å²) in [5.74, 6) is 1.26. The molecule has 6 nitrogen and oxygen atoms in total. The Labute approximate surface area is 139 Å². The standard InChI is InChI=1S/C18H18N4O2/c23-11-10-19-18-21-16(13-4-2-1-3-5-13)12-17(22-18)20-14-6-8-15(24)9-7-14/h1-9,12,23-24H,10-11H2,(H2,19,20,21,22). The van der Waals surface area contributed by atoms with Gasteiger partial charge in [-0.05, 0) is 24.3 Å². The Morgan fingerprint density at radius 3 is 2.38 bits per heavy atom. The van der Waals surface area contributed by atoms with E-state index in [1.165, 1.54) is 0 Å². The van der Waals surface area contributed by atoms with E-state index in [2.05, 4.69) is 20.6 Å². The van der Waals surface area contributed by atoms with Gasteiger partial charge in [-0.2, -0.15) is 4.98 Å². The first-order valence-corrected chi connectivity index (χ1v) is 7.60. The Bertz CT molecular complexity index is 792. The molecule has 0 bridgehead atoms. The first-order chi connectivity index (χ1) is 11.7. The summed E-state index contributed by atoms with van der Waals surface area (Å²) in [5, 5.41) is 24.5. The van der Waals surface area contributed by atoms with Crippen LogP contribution in [0.1, 0.15) is 0 Å². The fourth-order valence-electron chi connectivity index (χ4n) is 2.21. The first kappa shape index (κ1) is 15.8. The van der Waals surface area contributed by atoms with Crippen molar-refractivity contribution in [1.82, 2.24) is 9.97 Å². The zero-order valence-corrected chi connectivity index (χ0v) is 13.0. The molecule has 4 N–H and O–H groups in total. The third kappa shape index (κ3) is 3.99. The SMILES string of the molecule is OCCNc1nc(Nc2ccc(O)cc2)cc(-c2ccccc2)n1. The second-order valence-corrected chi connectivity index (χ2v) is 5.15. The average molecular weight is 322 g/mol. The summed E-state index contributed by atoms with van der Waals surface area (Å²) in [7, 11) is 0. The van der Waals surface area contributed by atoms with Crippen LogP contribution in [0.3, 0.4) is 0 Å². The molecule has 0 spiro atoms. The molecule has 3 aromatic rings. The van der Waals surface area contributed by atoms with Gasteiger partial charge in [0.2, 0.25) is 5.95 Å². The Kier molecular flexibility index (Phi) is 4.88. The molecule has 0 radical (unpaired) electrons. The predicted molar refractivity (Wildman–Crippen MR) is 94.4 cm³/mol. The number of phenolic OH excluding ortho intramolecular Hbond substituents is 1. The van der Waals surface area contributed by atoms with E-state index in [4.69, 9.17) is 5.11 Å². The van der Waals surface area contributed by atoms with Crippen LogP contribution in [0.4, 0.5) is 17.5 Å². The molecule has 0 aliphatic heterocycles. The highest BCUT2D eigenvalue weighted by Crippen LogP contribution is 2.24. The number of anilines is 3. The van der Waals surface area contributed by atoms with E-state index in [-0.39, 0.29) is 12.4 Å². The number of aromatic hydroxyl groups is 1. The summed E-state index contributed by atoms with van der Waals surface area (Å²) in [5.41, 5.74) is 2.55. The van der Waals surface area contributed by atoms with Crippen LogP contribution >= 0.6 is 0 Å². The Morgan fingerprint density at radius 2 is 1.67 bits per heavy atom. The van der Waals surface area contributed by atoms with Gasteiger partial charge in [0.05, 0.1) is 12.3 Å². The number of hydrogen-bond acceptors (Lipinski definition) is 6. The zero-order valence-electron chi connectivity index (χ0n) is 13.0. The van der Waals surface area contributed by atoms with Gasteiger partial charge >= 0.3 is 0 Å². The minimum Gasteiger partial charge on any atom is -0.508 e. The van der Waals surface area contributed by atoms with Crippen LogP contribution in [0.5, 0.6) is 5.75 Å². The molecule has 0 amide bonds. The first-order valence-electron chi connectivity index (χ1n) is 7.60. The van der Waals surface area contributed by atoms with Crippen LogP contribution in [0.2, 0.25) is 0 Å². The van der Waals surface area contributed by atoms with E-state index in [0.29, 0.717) is 18.3 Å². The maximum atomic E-state index is 9.37. The maximum Gasteiger partial charge on any atom is 0.225 e. The lowest BCUT2D eigenvalue weighted by Gasteiger charge is -2.11. The highest BCUT2D eigenvalue weighted by molar-refractivity contribution is 5.67. The van der Waals surface area contributed by atoms with Crippen molar-refractivity contribution < 1.29 is 10.2 Å². The molecule has 0 saturated carbocycles. The molecule has 3 rings (SSSR count). The zero-order chi connectivity index (χ0) is 16.8. The number of hydrogen-bond donors (Lipinski definition) is 4. The van der Waals surface area contributed by atoms with Gasteiger partial charge in [-0.1, -0.05) is 30.3 Å². The van der Waals surface area contributed by atoms with Gasteiger partial charge in [0, 0.05) is 23.9 Å². The summed E-state index contributed by atoms with van der Waals surface area (Å²) in [6.45, 7) is 0.372. The molecular weight excluding hydrogens is 304 g/mol. The van der Waals surface area contributed by atoms with Crippen LogP contribution in [-0.4, -0.2) is 33.3 Å². The molecule has 6 heteroatoms. The van der Waals surface area contributed by atoms with Crippen LogP contribution in [0, 0.1) is 0 Å². The molecule has 0 aliphatic rings. The molecule has 2 aromatic carbocycles. The number of aliphatic hydroxyl groups excluding tert-OH is 1. The molecule has 1 aromatic heterocycles. The van der Waals surface area contributed by atoms with E-state index >= 15 is 0 Å². The highest BCUT2D eigenvalue weighted by Gasteiger charge is 2.07. The van der Waals surface area contributed by atoms with Crippen molar-refractivity contribution >= 4 is 17.5 Å². The minimum atomic E-state index is -0.000349. The number of rotatable bonds is 6. The second-order valence-electron chi connectivity index (χ2n) is 5.15. The third-order valence-corrected chi connectivity index (χ3v) is 3.33. The van der Waals surface area contributed by atoms with Gasteiger partial charge in [0.25, 0.3) is 0 Å². The van der Waals surface area contributed by atoms with Gasteiger partial charge < -0.3 is 20.8 Å². The minimum absolute atomic E-state index is 0.000349. The van der Waals surface area contributed by atoms with Gasteiger partial charge in [-0.15, -0.1) is 0 Å². The molecule has 1 heterocycles. The predicted octanol–water partition coefficient (Wildman–Crippen LogP) is 3.00. The van der Waals surface area contributed by atoms with Crippen molar-refractivity contribution in [1.29, 1.82) is 0 Å². The Balaban J connectivity index is 1.93. The molecule has 0 fully saturated rings. The summed E-state index contributed by atoms with van der Waals surface area (Å²) in [6.07, 6.45) is 0. The highest BCUT2D eigenvalue weighted by atomic mass is 16.3. The number of benzene rings is 2. The number of nitrogens with zero attached hydrogens (tertiary/aromatic N) is 2. The van der Waals surface area contributed by atoms with E-state index in [0.717, 1.165) is 16.9 Å². The molecule has 24 heavy (non-hydrogen) atoms. The van der Waals surface area contributed by atoms with Crippen molar-refractivity contribution in [2.45, 2.75) is 0 Å². The topological polar surface area (TPSA) is 90.3 Å². The lowest BCUT2D eigenvalue weighted by Crippen LogP contribution is -2.10. The van der Waals surface area contributed by atoms with Crippen LogP contribution in [-0.2, 0) is 0 Å². The van der Waals surface area contributed by atoms with Crippen LogP contribution in [0.25, 0.3) is 11.3 Å². The van der Waals surface area contributed by atoms with Gasteiger partial charge in [0.1, 0.15) is 11.6 Å². The maximum absolute atomic E-state index is 9.37. The van der Waals surface area contributed by atoms with E-state index in [1.807, 2.05) is 36.4 Å². The molecular formula is C18H18N4O2. The number of aromatic nitrogens is 2. The summed E-state index contributed by atoms with van der Waals surface area (Å²) < 4.78 is 0. The summed E-state index contributed by atoms with van der Waals surface area (Å²) in [4.78, 5) is 8.89. The van der Waals surface area contributed by atoms with Crippen molar-refractivity contribution in [2.75, 3.05) is 23.8 Å². The van der Waals surface area contributed by atoms with Gasteiger partial charge in [-0.3, -0.25) is 0 Å². The van der Waals surface area contributed by atoms with Crippen molar-refractivity contribution in [2.24, 2.45) is 0 Å². The van der Waals surface area contributed by atoms with Crippen molar-refractivity contribution in [3.05, 3.63) is 60.7 Å². The van der Waals surface area contributed by atoms with Crippen LogP contribution < -0.4 is 10.6 Å². The number of aliphatic hydroxyl groups is 1. The molecule has 0 saturated heterocycles.